The van der Waals surface area contributed by atoms with Gasteiger partial charge in [-0.05, 0) is 36.5 Å². The van der Waals surface area contributed by atoms with Crippen LogP contribution in [0.5, 0.6) is 0 Å². The molecule has 1 aromatic carbocycles. The average molecular weight is 314 g/mol. The molecule has 118 valence electrons. The summed E-state index contributed by atoms with van der Waals surface area (Å²) in [6, 6.07) is 3.73. The van der Waals surface area contributed by atoms with Crippen LogP contribution in [-0.4, -0.2) is 25.8 Å². The molecule has 6 heteroatoms. The lowest BCUT2D eigenvalue weighted by Gasteiger charge is -2.33. The molecule has 0 aromatic heterocycles. The predicted octanol–water partition coefficient (Wildman–Crippen LogP) is 2.48. The summed E-state index contributed by atoms with van der Waals surface area (Å²) in [6.45, 7) is 2.21. The second-order valence-corrected chi connectivity index (χ2v) is 7.87. The Kier molecular flexibility index (Phi) is 5.01. The van der Waals surface area contributed by atoms with Gasteiger partial charge in [0.15, 0.2) is 0 Å². The van der Waals surface area contributed by atoms with E-state index in [1.165, 1.54) is 16.4 Å². The summed E-state index contributed by atoms with van der Waals surface area (Å²) in [5.74, 6) is -0.0425. The van der Waals surface area contributed by atoms with E-state index in [1.54, 1.807) is 7.05 Å². The van der Waals surface area contributed by atoms with Crippen molar-refractivity contribution < 1.29 is 12.8 Å². The van der Waals surface area contributed by atoms with Crippen LogP contribution in [0.15, 0.2) is 23.1 Å². The van der Waals surface area contributed by atoms with Crippen molar-refractivity contribution in [3.05, 3.63) is 29.6 Å². The number of nitrogens with zero attached hydrogens (tertiary/aromatic N) is 1. The lowest BCUT2D eigenvalue weighted by molar-refractivity contribution is 0.239. The normalized spacial score (nSPS) is 23.5. The zero-order valence-electron chi connectivity index (χ0n) is 12.5. The topological polar surface area (TPSA) is 63.4 Å². The fraction of sp³-hybridized carbons (Fsp3) is 0.600. The molecule has 2 atom stereocenters. The molecule has 4 nitrogen and oxygen atoms in total. The van der Waals surface area contributed by atoms with Gasteiger partial charge in [-0.1, -0.05) is 25.8 Å². The third kappa shape index (κ3) is 3.44. The van der Waals surface area contributed by atoms with E-state index in [2.05, 4.69) is 6.92 Å². The van der Waals surface area contributed by atoms with Crippen molar-refractivity contribution in [3.8, 4) is 0 Å². The van der Waals surface area contributed by atoms with E-state index in [9.17, 15) is 12.8 Å². The standard InChI is InChI=1S/C15H23FN2O2S/c1-11-4-3-5-14(8-11)18(2)21(19,20)15-9-13(16)7-6-12(15)10-17/h6-7,9,11,14H,3-5,8,10,17H2,1-2H3. The third-order valence-corrected chi connectivity index (χ3v) is 6.32. The average Bonchev–Trinajstić information content (AvgIpc) is 2.46. The molecule has 0 bridgehead atoms. The molecule has 0 radical (unpaired) electrons. The Hall–Kier alpha value is -0.980. The molecule has 1 fully saturated rings. The number of nitrogens with two attached hydrogens (primary N) is 1. The van der Waals surface area contributed by atoms with Crippen LogP contribution < -0.4 is 5.73 Å². The molecule has 0 aliphatic heterocycles. The minimum Gasteiger partial charge on any atom is -0.326 e. The van der Waals surface area contributed by atoms with Crippen LogP contribution in [-0.2, 0) is 16.6 Å². The van der Waals surface area contributed by atoms with Crippen molar-refractivity contribution in [2.45, 2.75) is 50.1 Å². The highest BCUT2D eigenvalue weighted by atomic mass is 32.2. The lowest BCUT2D eigenvalue weighted by Crippen LogP contribution is -2.40. The lowest BCUT2D eigenvalue weighted by atomic mass is 9.87. The van der Waals surface area contributed by atoms with Crippen LogP contribution in [0.1, 0.15) is 38.2 Å². The summed E-state index contributed by atoms with van der Waals surface area (Å²) in [5, 5.41) is 0. The van der Waals surface area contributed by atoms with Crippen molar-refractivity contribution in [2.75, 3.05) is 7.05 Å². The summed E-state index contributed by atoms with van der Waals surface area (Å²) in [6.07, 6.45) is 3.87. The van der Waals surface area contributed by atoms with E-state index in [4.69, 9.17) is 5.73 Å². The van der Waals surface area contributed by atoms with Gasteiger partial charge in [0.1, 0.15) is 5.82 Å². The molecule has 1 aliphatic carbocycles. The van der Waals surface area contributed by atoms with Gasteiger partial charge in [0, 0.05) is 19.6 Å². The number of halogens is 1. The molecule has 1 aliphatic rings. The highest BCUT2D eigenvalue weighted by molar-refractivity contribution is 7.89. The van der Waals surface area contributed by atoms with Gasteiger partial charge in [-0.25, -0.2) is 12.8 Å². The summed E-state index contributed by atoms with van der Waals surface area (Å²) in [5.41, 5.74) is 6.04. The van der Waals surface area contributed by atoms with E-state index in [-0.39, 0.29) is 17.5 Å². The van der Waals surface area contributed by atoms with Crippen LogP contribution in [0.3, 0.4) is 0 Å². The zero-order valence-corrected chi connectivity index (χ0v) is 13.4. The highest BCUT2D eigenvalue weighted by Crippen LogP contribution is 2.30. The number of sulfonamides is 1. The van der Waals surface area contributed by atoms with Crippen molar-refractivity contribution in [2.24, 2.45) is 11.7 Å². The third-order valence-electron chi connectivity index (χ3n) is 4.33. The number of rotatable bonds is 4. The van der Waals surface area contributed by atoms with Crippen LogP contribution in [0.2, 0.25) is 0 Å². The summed E-state index contributed by atoms with van der Waals surface area (Å²) < 4.78 is 40.4. The van der Waals surface area contributed by atoms with Crippen molar-refractivity contribution in [1.29, 1.82) is 0 Å². The Morgan fingerprint density at radius 2 is 2.10 bits per heavy atom. The van der Waals surface area contributed by atoms with Crippen LogP contribution in [0, 0.1) is 11.7 Å². The van der Waals surface area contributed by atoms with Gasteiger partial charge in [-0.3, -0.25) is 0 Å². The molecule has 0 saturated heterocycles. The van der Waals surface area contributed by atoms with Crippen molar-refractivity contribution in [3.63, 3.8) is 0 Å². The Labute approximate surface area is 126 Å². The Balaban J connectivity index is 2.35. The largest absolute Gasteiger partial charge is 0.326 e. The number of hydrogen-bond donors (Lipinski definition) is 1. The van der Waals surface area contributed by atoms with E-state index in [1.807, 2.05) is 0 Å². The fourth-order valence-corrected chi connectivity index (χ4v) is 4.66. The Morgan fingerprint density at radius 3 is 2.71 bits per heavy atom. The Bertz CT molecular complexity index is 604. The molecular weight excluding hydrogens is 291 g/mol. The molecule has 2 rings (SSSR count). The summed E-state index contributed by atoms with van der Waals surface area (Å²) in [4.78, 5) is -0.00859. The first-order chi connectivity index (χ1) is 9.86. The molecule has 2 unspecified atom stereocenters. The first-order valence-corrected chi connectivity index (χ1v) is 8.76. The van der Waals surface area contributed by atoms with Crippen LogP contribution >= 0.6 is 0 Å². The Morgan fingerprint density at radius 1 is 1.38 bits per heavy atom. The van der Waals surface area contributed by atoms with Gasteiger partial charge in [0.2, 0.25) is 10.0 Å². The highest BCUT2D eigenvalue weighted by Gasteiger charge is 2.32. The molecule has 2 N–H and O–H groups in total. The van der Waals surface area contributed by atoms with E-state index in [0.29, 0.717) is 11.5 Å². The first kappa shape index (κ1) is 16.4. The fourth-order valence-electron chi connectivity index (χ4n) is 3.02. The van der Waals surface area contributed by atoms with Crippen LogP contribution in [0.25, 0.3) is 0 Å². The van der Waals surface area contributed by atoms with E-state index >= 15 is 0 Å². The number of hydrogen-bond acceptors (Lipinski definition) is 3. The molecule has 0 heterocycles. The minimum absolute atomic E-state index is 0.00859. The van der Waals surface area contributed by atoms with Gasteiger partial charge < -0.3 is 5.73 Å². The first-order valence-electron chi connectivity index (χ1n) is 7.32. The number of benzene rings is 1. The quantitative estimate of drug-likeness (QED) is 0.928. The molecule has 1 aromatic rings. The van der Waals surface area contributed by atoms with Crippen molar-refractivity contribution in [1.82, 2.24) is 4.31 Å². The van der Waals surface area contributed by atoms with Crippen molar-refractivity contribution >= 4 is 10.0 Å². The van der Waals surface area contributed by atoms with E-state index in [0.717, 1.165) is 31.7 Å². The maximum Gasteiger partial charge on any atom is 0.243 e. The van der Waals surface area contributed by atoms with E-state index < -0.39 is 15.8 Å². The molecule has 1 saturated carbocycles. The summed E-state index contributed by atoms with van der Waals surface area (Å²) >= 11 is 0. The smallest absolute Gasteiger partial charge is 0.243 e. The molecule has 0 amide bonds. The molecule has 0 spiro atoms. The molecular formula is C15H23FN2O2S. The van der Waals surface area contributed by atoms with Gasteiger partial charge in [0.05, 0.1) is 4.90 Å². The van der Waals surface area contributed by atoms with Gasteiger partial charge in [-0.15, -0.1) is 0 Å². The minimum atomic E-state index is -3.71. The van der Waals surface area contributed by atoms with Gasteiger partial charge in [-0.2, -0.15) is 4.31 Å². The summed E-state index contributed by atoms with van der Waals surface area (Å²) in [7, 11) is -2.13. The zero-order chi connectivity index (χ0) is 15.6. The predicted molar refractivity (Wildman–Crippen MR) is 80.7 cm³/mol. The van der Waals surface area contributed by atoms with Gasteiger partial charge >= 0.3 is 0 Å². The van der Waals surface area contributed by atoms with Gasteiger partial charge in [0.25, 0.3) is 0 Å². The second-order valence-electron chi connectivity index (χ2n) is 5.90. The van der Waals surface area contributed by atoms with Crippen LogP contribution in [0.4, 0.5) is 4.39 Å². The molecule has 21 heavy (non-hydrogen) atoms. The second kappa shape index (κ2) is 6.42. The maximum atomic E-state index is 13.5. The SMILES string of the molecule is CC1CCCC(N(C)S(=O)(=O)c2cc(F)ccc2CN)C1. The monoisotopic (exact) mass is 314 g/mol. The maximum absolute atomic E-state index is 13.5.